The van der Waals surface area contributed by atoms with Gasteiger partial charge in [-0.2, -0.15) is 0 Å². The number of carboxylic acid groups (broad SMARTS) is 1. The summed E-state index contributed by atoms with van der Waals surface area (Å²) in [5.41, 5.74) is 2.05. The fraction of sp³-hybridized carbons (Fsp3) is 0.400. The Morgan fingerprint density at radius 2 is 2.00 bits per heavy atom. The minimum Gasteiger partial charge on any atom is -0.481 e. The van der Waals surface area contributed by atoms with Crippen LogP contribution in [0.2, 0.25) is 0 Å². The highest BCUT2D eigenvalue weighted by molar-refractivity contribution is 5.75. The molecule has 1 aromatic carbocycles. The number of hydrogen-bond acceptors (Lipinski definition) is 5. The van der Waals surface area contributed by atoms with Crippen molar-refractivity contribution in [2.24, 2.45) is 0 Å². The number of carboxylic acids is 1. The minimum absolute atomic E-state index is 0.0227. The van der Waals surface area contributed by atoms with E-state index in [4.69, 9.17) is 0 Å². The molecule has 2 aromatic rings. The van der Waals surface area contributed by atoms with Gasteiger partial charge in [0.15, 0.2) is 0 Å². The van der Waals surface area contributed by atoms with Crippen molar-refractivity contribution in [2.45, 2.75) is 31.7 Å². The molecule has 0 aliphatic carbocycles. The first kappa shape index (κ1) is 19.6. The van der Waals surface area contributed by atoms with E-state index in [0.717, 1.165) is 36.3 Å². The molecule has 8 heteroatoms. The summed E-state index contributed by atoms with van der Waals surface area (Å²) in [4.78, 5) is 33.6. The van der Waals surface area contributed by atoms with E-state index < -0.39 is 5.97 Å². The number of aromatic nitrogens is 2. The van der Waals surface area contributed by atoms with Crippen LogP contribution in [0.1, 0.15) is 36.3 Å². The van der Waals surface area contributed by atoms with Gasteiger partial charge in [0.2, 0.25) is 0 Å². The topological polar surface area (TPSA) is 107 Å². The molecule has 28 heavy (non-hydrogen) atoms. The predicted molar refractivity (Wildman–Crippen MR) is 105 cm³/mol. The fourth-order valence-electron chi connectivity index (χ4n) is 3.41. The molecular weight excluding hydrogens is 358 g/mol. The first-order valence-electron chi connectivity index (χ1n) is 9.45. The van der Waals surface area contributed by atoms with Gasteiger partial charge in [-0.1, -0.05) is 24.3 Å². The monoisotopic (exact) mass is 383 g/mol. The molecule has 148 valence electrons. The maximum Gasteiger partial charge on any atom is 0.317 e. The van der Waals surface area contributed by atoms with Crippen molar-refractivity contribution in [3.63, 3.8) is 0 Å². The Hall–Kier alpha value is -3.16. The molecule has 3 N–H and O–H groups in total. The van der Waals surface area contributed by atoms with Gasteiger partial charge in [-0.3, -0.25) is 9.78 Å². The molecule has 1 atom stereocenters. The number of nitrogens with zero attached hydrogens (tertiary/aromatic N) is 3. The molecule has 0 spiro atoms. The second-order valence-corrected chi connectivity index (χ2v) is 6.83. The lowest BCUT2D eigenvalue weighted by Gasteiger charge is -2.34. The summed E-state index contributed by atoms with van der Waals surface area (Å²) in [5, 5.41) is 15.3. The van der Waals surface area contributed by atoms with Crippen LogP contribution < -0.4 is 10.6 Å². The third-order valence-corrected chi connectivity index (χ3v) is 4.75. The Bertz CT molecular complexity index is 799. The summed E-state index contributed by atoms with van der Waals surface area (Å²) < 4.78 is 0. The van der Waals surface area contributed by atoms with Gasteiger partial charge >= 0.3 is 12.0 Å². The van der Waals surface area contributed by atoms with Crippen LogP contribution in [0.3, 0.4) is 0 Å². The van der Waals surface area contributed by atoms with Crippen LogP contribution in [0.4, 0.5) is 10.6 Å². The Labute approximate surface area is 164 Å². The summed E-state index contributed by atoms with van der Waals surface area (Å²) in [7, 11) is 0. The average molecular weight is 383 g/mol. The van der Waals surface area contributed by atoms with Crippen molar-refractivity contribution in [2.75, 3.05) is 25.0 Å². The number of urea groups is 1. The molecule has 1 aliphatic heterocycles. The molecule has 2 amide bonds. The van der Waals surface area contributed by atoms with Crippen LogP contribution in [0, 0.1) is 0 Å². The number of aliphatic carboxylic acids is 1. The van der Waals surface area contributed by atoms with Crippen LogP contribution in [0.25, 0.3) is 0 Å². The van der Waals surface area contributed by atoms with Gasteiger partial charge in [0, 0.05) is 44.5 Å². The Kier molecular flexibility index (Phi) is 6.78. The lowest BCUT2D eigenvalue weighted by atomic mass is 9.87. The summed E-state index contributed by atoms with van der Waals surface area (Å²) in [6.45, 7) is 2.25. The Morgan fingerprint density at radius 3 is 2.79 bits per heavy atom. The summed E-state index contributed by atoms with van der Waals surface area (Å²) in [6, 6.07) is 7.61. The van der Waals surface area contributed by atoms with Crippen molar-refractivity contribution in [1.29, 1.82) is 0 Å². The quantitative estimate of drug-likeness (QED) is 0.605. The number of rotatable bonds is 8. The number of fused-ring (bicyclic) bond motifs is 1. The van der Waals surface area contributed by atoms with E-state index in [9.17, 15) is 14.7 Å². The van der Waals surface area contributed by atoms with Gasteiger partial charge < -0.3 is 20.6 Å². The summed E-state index contributed by atoms with van der Waals surface area (Å²) in [6.07, 6.45) is 6.68. The molecular formula is C20H25N5O3. The number of amides is 2. The van der Waals surface area contributed by atoms with Crippen LogP contribution in [0.5, 0.6) is 0 Å². The Morgan fingerprint density at radius 1 is 1.18 bits per heavy atom. The van der Waals surface area contributed by atoms with Crippen LogP contribution in [-0.2, 0) is 11.3 Å². The maximum atomic E-state index is 12.5. The van der Waals surface area contributed by atoms with Crippen LogP contribution in [-0.4, -0.2) is 51.6 Å². The summed E-state index contributed by atoms with van der Waals surface area (Å²) in [5.74, 6) is -0.287. The zero-order valence-electron chi connectivity index (χ0n) is 15.7. The van der Waals surface area contributed by atoms with E-state index in [1.165, 1.54) is 0 Å². The largest absolute Gasteiger partial charge is 0.481 e. The number of benzene rings is 1. The first-order valence-corrected chi connectivity index (χ1v) is 9.45. The van der Waals surface area contributed by atoms with E-state index in [1.54, 1.807) is 23.5 Å². The third-order valence-electron chi connectivity index (χ3n) is 4.75. The van der Waals surface area contributed by atoms with Crippen molar-refractivity contribution in [1.82, 2.24) is 20.2 Å². The van der Waals surface area contributed by atoms with E-state index in [0.29, 0.717) is 19.6 Å². The van der Waals surface area contributed by atoms with Gasteiger partial charge in [-0.15, -0.1) is 0 Å². The fourth-order valence-corrected chi connectivity index (χ4v) is 3.41. The second kappa shape index (κ2) is 9.68. The average Bonchev–Trinajstić information content (AvgIpc) is 2.70. The molecule has 0 fully saturated rings. The van der Waals surface area contributed by atoms with Crippen molar-refractivity contribution in [3.05, 3.63) is 54.0 Å². The highest BCUT2D eigenvalue weighted by Gasteiger charge is 2.29. The molecule has 1 unspecified atom stereocenters. The number of anilines is 1. The number of nitrogens with one attached hydrogen (secondary N) is 2. The molecule has 0 saturated heterocycles. The van der Waals surface area contributed by atoms with E-state index in [1.807, 2.05) is 24.3 Å². The number of carbonyl (C=O) groups excluding carboxylic acids is 1. The normalized spacial score (nSPS) is 15.6. The number of hydrogen-bond donors (Lipinski definition) is 3. The first-order chi connectivity index (χ1) is 13.6. The lowest BCUT2D eigenvalue weighted by molar-refractivity contribution is -0.137. The smallest absolute Gasteiger partial charge is 0.317 e. The Balaban J connectivity index is 1.43. The molecule has 2 heterocycles. The van der Waals surface area contributed by atoms with E-state index >= 15 is 0 Å². The molecule has 8 nitrogen and oxygen atoms in total. The van der Waals surface area contributed by atoms with Gasteiger partial charge in [-0.05, 0) is 24.0 Å². The van der Waals surface area contributed by atoms with E-state index in [2.05, 4.69) is 20.6 Å². The highest BCUT2D eigenvalue weighted by Crippen LogP contribution is 2.30. The lowest BCUT2D eigenvalue weighted by Crippen LogP contribution is -2.44. The van der Waals surface area contributed by atoms with Crippen LogP contribution >= 0.6 is 0 Å². The summed E-state index contributed by atoms with van der Waals surface area (Å²) >= 11 is 0. The van der Waals surface area contributed by atoms with Crippen molar-refractivity contribution >= 4 is 17.8 Å². The number of carbonyl (C=O) groups is 2. The molecule has 3 rings (SSSR count). The zero-order valence-corrected chi connectivity index (χ0v) is 15.7. The number of unbranched alkanes of at least 4 members (excludes halogenated alkanes) is 1. The highest BCUT2D eigenvalue weighted by atomic mass is 16.4. The third kappa shape index (κ3) is 5.42. The van der Waals surface area contributed by atoms with Gasteiger partial charge in [0.25, 0.3) is 0 Å². The van der Waals surface area contributed by atoms with Crippen molar-refractivity contribution in [3.8, 4) is 0 Å². The van der Waals surface area contributed by atoms with Crippen molar-refractivity contribution < 1.29 is 14.7 Å². The molecule has 1 aliphatic rings. The molecule has 0 radical (unpaired) electrons. The maximum absolute atomic E-state index is 12.5. The van der Waals surface area contributed by atoms with Crippen LogP contribution in [0.15, 0.2) is 42.9 Å². The van der Waals surface area contributed by atoms with Gasteiger partial charge in [0.1, 0.15) is 5.82 Å². The molecule has 0 bridgehead atoms. The molecule has 0 saturated carbocycles. The predicted octanol–water partition coefficient (Wildman–Crippen LogP) is 2.45. The standard InChI is InChI=1S/C20H25N5O3/c26-19(27)11-16-14-25(13-15-5-1-2-6-17(15)16)20(28)24-8-4-3-7-22-18-12-21-9-10-23-18/h1-2,5-6,9-10,12,16H,3-4,7-8,11,13-14H2,(H,22,23)(H,24,28)(H,26,27). The minimum atomic E-state index is -0.849. The molecule has 1 aromatic heterocycles. The SMILES string of the molecule is O=C(O)CC1CN(C(=O)NCCCCNc2cnccn2)Cc2ccccc21. The second-order valence-electron chi connectivity index (χ2n) is 6.83. The van der Waals surface area contributed by atoms with Gasteiger partial charge in [-0.25, -0.2) is 9.78 Å². The van der Waals surface area contributed by atoms with Gasteiger partial charge in [0.05, 0.1) is 12.6 Å². The van der Waals surface area contributed by atoms with E-state index in [-0.39, 0.29) is 18.4 Å². The zero-order chi connectivity index (χ0) is 19.8.